The van der Waals surface area contributed by atoms with Crippen LogP contribution in [0.2, 0.25) is 5.02 Å². The van der Waals surface area contributed by atoms with Gasteiger partial charge in [-0.1, -0.05) is 11.6 Å². The second-order valence-corrected chi connectivity index (χ2v) is 4.15. The Kier molecular flexibility index (Phi) is 3.12. The lowest BCUT2D eigenvalue weighted by Gasteiger charge is -2.05. The Balaban J connectivity index is 3.43. The predicted octanol–water partition coefficient (Wildman–Crippen LogP) is 3.46. The number of carbonyl (C=O) groups excluding carboxylic acids is 1. The lowest BCUT2D eigenvalue weighted by atomic mass is 10.1. The van der Waals surface area contributed by atoms with E-state index >= 15 is 0 Å². The summed E-state index contributed by atoms with van der Waals surface area (Å²) in [6.45, 7) is 3.42. The zero-order valence-corrected chi connectivity index (χ0v) is 9.73. The second kappa shape index (κ2) is 3.75. The molecule has 0 saturated heterocycles. The van der Waals surface area contributed by atoms with E-state index in [0.29, 0.717) is 5.02 Å². The Morgan fingerprint density at radius 3 is 2.50 bits per heavy atom. The van der Waals surface area contributed by atoms with Gasteiger partial charge in [0.1, 0.15) is 0 Å². The molecule has 0 heterocycles. The molecule has 0 N–H and O–H groups in total. The number of halogens is 2. The van der Waals surface area contributed by atoms with E-state index in [0.717, 1.165) is 14.7 Å². The van der Waals surface area contributed by atoms with Crippen molar-refractivity contribution in [1.29, 1.82) is 0 Å². The number of hydrogen-bond acceptors (Lipinski definition) is 1. The van der Waals surface area contributed by atoms with Crippen molar-refractivity contribution in [3.63, 3.8) is 0 Å². The molecule has 1 rings (SSSR count). The van der Waals surface area contributed by atoms with E-state index in [2.05, 4.69) is 22.6 Å². The van der Waals surface area contributed by atoms with E-state index in [-0.39, 0.29) is 5.78 Å². The Morgan fingerprint density at radius 2 is 2.08 bits per heavy atom. The molecule has 1 aromatic rings. The summed E-state index contributed by atoms with van der Waals surface area (Å²) in [6, 6.07) is 3.66. The SMILES string of the molecule is CC(=O)c1c(I)ccc(Cl)c1C. The summed E-state index contributed by atoms with van der Waals surface area (Å²) in [5.74, 6) is 0.0689. The van der Waals surface area contributed by atoms with Crippen LogP contribution in [0.4, 0.5) is 0 Å². The van der Waals surface area contributed by atoms with E-state index in [4.69, 9.17) is 11.6 Å². The van der Waals surface area contributed by atoms with Gasteiger partial charge in [-0.05, 0) is 54.1 Å². The van der Waals surface area contributed by atoms with Gasteiger partial charge in [0, 0.05) is 14.2 Å². The molecule has 0 aliphatic rings. The van der Waals surface area contributed by atoms with Gasteiger partial charge in [-0.3, -0.25) is 4.79 Å². The van der Waals surface area contributed by atoms with Gasteiger partial charge in [0.2, 0.25) is 0 Å². The smallest absolute Gasteiger partial charge is 0.161 e. The minimum absolute atomic E-state index is 0.0689. The van der Waals surface area contributed by atoms with Crippen LogP contribution in [0.15, 0.2) is 12.1 Å². The number of carbonyl (C=O) groups is 1. The number of rotatable bonds is 1. The molecule has 0 fully saturated rings. The summed E-state index contributed by atoms with van der Waals surface area (Å²) in [7, 11) is 0. The molecule has 0 unspecified atom stereocenters. The molecule has 1 nitrogen and oxygen atoms in total. The Bertz CT molecular complexity index is 334. The van der Waals surface area contributed by atoms with Crippen LogP contribution in [0.25, 0.3) is 0 Å². The second-order valence-electron chi connectivity index (χ2n) is 2.59. The molecule has 0 atom stereocenters. The molecule has 0 spiro atoms. The normalized spacial score (nSPS) is 10.0. The molecule has 3 heteroatoms. The molecule has 0 aliphatic carbocycles. The predicted molar refractivity (Wildman–Crippen MR) is 58.9 cm³/mol. The van der Waals surface area contributed by atoms with Crippen LogP contribution in [-0.2, 0) is 0 Å². The summed E-state index contributed by atoms with van der Waals surface area (Å²) in [6.07, 6.45) is 0. The van der Waals surface area contributed by atoms with Crippen molar-refractivity contribution < 1.29 is 4.79 Å². The highest BCUT2D eigenvalue weighted by molar-refractivity contribution is 14.1. The van der Waals surface area contributed by atoms with Gasteiger partial charge in [-0.25, -0.2) is 0 Å². The van der Waals surface area contributed by atoms with E-state index in [1.165, 1.54) is 0 Å². The Hall–Kier alpha value is -0.0900. The molecule has 1 aromatic carbocycles. The third kappa shape index (κ3) is 1.80. The lowest BCUT2D eigenvalue weighted by Crippen LogP contribution is -1.99. The van der Waals surface area contributed by atoms with Crippen LogP contribution >= 0.6 is 34.2 Å². The average molecular weight is 295 g/mol. The molecule has 12 heavy (non-hydrogen) atoms. The molecule has 0 bridgehead atoms. The van der Waals surface area contributed by atoms with Crippen LogP contribution in [0.5, 0.6) is 0 Å². The van der Waals surface area contributed by atoms with Crippen molar-refractivity contribution in [2.75, 3.05) is 0 Å². The molecule has 0 aromatic heterocycles. The third-order valence-corrected chi connectivity index (χ3v) is 3.01. The molecular weight excluding hydrogens is 286 g/mol. The van der Waals surface area contributed by atoms with Gasteiger partial charge < -0.3 is 0 Å². The first-order valence-corrected chi connectivity index (χ1v) is 4.95. The fourth-order valence-corrected chi connectivity index (χ4v) is 2.21. The summed E-state index contributed by atoms with van der Waals surface area (Å²) >= 11 is 8.01. The van der Waals surface area contributed by atoms with Gasteiger partial charge in [-0.15, -0.1) is 0 Å². The van der Waals surface area contributed by atoms with Crippen molar-refractivity contribution in [2.45, 2.75) is 13.8 Å². The first kappa shape index (κ1) is 9.99. The molecule has 64 valence electrons. The van der Waals surface area contributed by atoms with Gasteiger partial charge in [-0.2, -0.15) is 0 Å². The molecule has 0 saturated carbocycles. The van der Waals surface area contributed by atoms with Crippen molar-refractivity contribution in [2.24, 2.45) is 0 Å². The maximum absolute atomic E-state index is 11.2. The standard InChI is InChI=1S/C9H8ClIO/c1-5-7(10)3-4-8(11)9(5)6(2)12/h3-4H,1-2H3. The number of benzene rings is 1. The van der Waals surface area contributed by atoms with Crippen molar-refractivity contribution >= 4 is 40.0 Å². The van der Waals surface area contributed by atoms with Crippen molar-refractivity contribution in [3.8, 4) is 0 Å². The number of hydrogen-bond donors (Lipinski definition) is 0. The van der Waals surface area contributed by atoms with Crippen molar-refractivity contribution in [3.05, 3.63) is 31.9 Å². The van der Waals surface area contributed by atoms with Crippen LogP contribution in [0, 0.1) is 10.5 Å². The summed E-state index contributed by atoms with van der Waals surface area (Å²) in [5, 5.41) is 0.653. The Morgan fingerprint density at radius 1 is 1.50 bits per heavy atom. The van der Waals surface area contributed by atoms with E-state index in [9.17, 15) is 4.79 Å². The van der Waals surface area contributed by atoms with Crippen molar-refractivity contribution in [1.82, 2.24) is 0 Å². The number of Topliss-reactive ketones (excluding diaryl/α,β-unsaturated/α-hetero) is 1. The monoisotopic (exact) mass is 294 g/mol. The van der Waals surface area contributed by atoms with E-state index in [1.54, 1.807) is 6.92 Å². The lowest BCUT2D eigenvalue weighted by molar-refractivity contribution is 0.101. The first-order chi connectivity index (χ1) is 5.54. The zero-order valence-electron chi connectivity index (χ0n) is 6.82. The minimum atomic E-state index is 0.0689. The van der Waals surface area contributed by atoms with Gasteiger partial charge in [0.25, 0.3) is 0 Å². The Labute approximate surface area is 90.3 Å². The minimum Gasteiger partial charge on any atom is -0.294 e. The van der Waals surface area contributed by atoms with Crippen LogP contribution < -0.4 is 0 Å². The topological polar surface area (TPSA) is 17.1 Å². The fraction of sp³-hybridized carbons (Fsp3) is 0.222. The maximum atomic E-state index is 11.2. The summed E-state index contributed by atoms with van der Waals surface area (Å²) in [4.78, 5) is 11.2. The van der Waals surface area contributed by atoms with Crippen LogP contribution in [-0.4, -0.2) is 5.78 Å². The van der Waals surface area contributed by atoms with E-state index < -0.39 is 0 Å². The van der Waals surface area contributed by atoms with E-state index in [1.807, 2.05) is 19.1 Å². The molecule has 0 aliphatic heterocycles. The highest BCUT2D eigenvalue weighted by Crippen LogP contribution is 2.24. The maximum Gasteiger partial charge on any atom is 0.161 e. The van der Waals surface area contributed by atoms with Crippen LogP contribution in [0.1, 0.15) is 22.8 Å². The van der Waals surface area contributed by atoms with Gasteiger partial charge in [0.05, 0.1) is 0 Å². The molecule has 0 amide bonds. The largest absolute Gasteiger partial charge is 0.294 e. The molecule has 0 radical (unpaired) electrons. The molecular formula is C9H8ClIO. The summed E-state index contributed by atoms with van der Waals surface area (Å²) in [5.41, 5.74) is 1.61. The zero-order chi connectivity index (χ0) is 9.30. The number of ketones is 1. The van der Waals surface area contributed by atoms with Gasteiger partial charge in [0.15, 0.2) is 5.78 Å². The fourth-order valence-electron chi connectivity index (χ4n) is 1.09. The highest BCUT2D eigenvalue weighted by Gasteiger charge is 2.10. The third-order valence-electron chi connectivity index (χ3n) is 1.70. The first-order valence-electron chi connectivity index (χ1n) is 3.49. The van der Waals surface area contributed by atoms with Gasteiger partial charge >= 0.3 is 0 Å². The highest BCUT2D eigenvalue weighted by atomic mass is 127. The quantitative estimate of drug-likeness (QED) is 0.573. The summed E-state index contributed by atoms with van der Waals surface area (Å²) < 4.78 is 0.960. The average Bonchev–Trinajstić information content (AvgIpc) is 1.97. The van der Waals surface area contributed by atoms with Crippen LogP contribution in [0.3, 0.4) is 0 Å².